The normalized spacial score (nSPS) is 18.0. The minimum atomic E-state index is -0.307. The number of ether oxygens (including phenoxy) is 2. The summed E-state index contributed by atoms with van der Waals surface area (Å²) in [5.74, 6) is 0. The van der Waals surface area contributed by atoms with E-state index in [1.165, 1.54) is 12.8 Å². The molecule has 0 aromatic carbocycles. The first-order valence-electron chi connectivity index (χ1n) is 5.98. The maximum atomic E-state index is 5.52. The molecule has 0 bridgehead atoms. The first kappa shape index (κ1) is 11.6. The van der Waals surface area contributed by atoms with Gasteiger partial charge in [0.05, 0.1) is 11.4 Å². The van der Waals surface area contributed by atoms with Crippen LogP contribution in [0.3, 0.4) is 0 Å². The van der Waals surface area contributed by atoms with Crippen LogP contribution in [0.5, 0.6) is 0 Å². The zero-order valence-electron chi connectivity index (χ0n) is 10.2. The maximum Gasteiger partial charge on any atom is 0.200 e. The van der Waals surface area contributed by atoms with E-state index < -0.39 is 0 Å². The number of aromatic amines is 1. The van der Waals surface area contributed by atoms with Gasteiger partial charge in [-0.25, -0.2) is 0 Å². The third-order valence-corrected chi connectivity index (χ3v) is 3.11. The molecule has 1 aliphatic rings. The van der Waals surface area contributed by atoms with Crippen molar-refractivity contribution < 1.29 is 9.47 Å². The number of hydrogen-bond acceptors (Lipinski definition) is 3. The summed E-state index contributed by atoms with van der Waals surface area (Å²) in [5.41, 5.74) is 2.34. The standard InChI is InChI=1S/C12H20N2O2/c1-4-15-11(16-5-2)9-8-10(14-13-9)12(3)6-7-12/h8,11H,4-7H2,1-3H3,(H,13,14). The number of rotatable bonds is 6. The molecule has 1 N–H and O–H groups in total. The second kappa shape index (κ2) is 4.55. The van der Waals surface area contributed by atoms with Gasteiger partial charge in [-0.2, -0.15) is 5.10 Å². The van der Waals surface area contributed by atoms with Crippen LogP contribution in [0.2, 0.25) is 0 Å². The predicted octanol–water partition coefficient (Wildman–Crippen LogP) is 2.53. The zero-order chi connectivity index (χ0) is 11.6. The van der Waals surface area contributed by atoms with Gasteiger partial charge in [0.15, 0.2) is 6.29 Å². The zero-order valence-corrected chi connectivity index (χ0v) is 10.2. The highest BCUT2D eigenvalue weighted by atomic mass is 16.7. The molecule has 1 aromatic heterocycles. The van der Waals surface area contributed by atoms with Crippen LogP contribution in [0.1, 0.15) is 51.3 Å². The number of H-pyrrole nitrogens is 1. The van der Waals surface area contributed by atoms with Crippen molar-refractivity contribution in [2.75, 3.05) is 13.2 Å². The molecule has 1 heterocycles. The first-order valence-corrected chi connectivity index (χ1v) is 5.98. The number of nitrogens with one attached hydrogen (secondary N) is 1. The molecule has 0 atom stereocenters. The van der Waals surface area contributed by atoms with Crippen molar-refractivity contribution >= 4 is 0 Å². The van der Waals surface area contributed by atoms with E-state index in [4.69, 9.17) is 9.47 Å². The van der Waals surface area contributed by atoms with E-state index in [0.717, 1.165) is 11.4 Å². The fourth-order valence-corrected chi connectivity index (χ4v) is 1.74. The molecular weight excluding hydrogens is 204 g/mol. The van der Waals surface area contributed by atoms with E-state index in [0.29, 0.717) is 13.2 Å². The minimum absolute atomic E-state index is 0.289. The molecule has 0 amide bonds. The summed E-state index contributed by atoms with van der Waals surface area (Å²) in [6.45, 7) is 7.44. The lowest BCUT2D eigenvalue weighted by molar-refractivity contribution is -0.142. The summed E-state index contributed by atoms with van der Waals surface area (Å²) in [5, 5.41) is 7.37. The second-order valence-corrected chi connectivity index (χ2v) is 4.51. The Morgan fingerprint density at radius 3 is 2.50 bits per heavy atom. The number of nitrogens with zero attached hydrogens (tertiary/aromatic N) is 1. The molecule has 0 saturated heterocycles. The van der Waals surface area contributed by atoms with Gasteiger partial charge in [0, 0.05) is 18.6 Å². The number of aromatic nitrogens is 2. The second-order valence-electron chi connectivity index (χ2n) is 4.51. The lowest BCUT2D eigenvalue weighted by atomic mass is 10.1. The van der Waals surface area contributed by atoms with E-state index in [1.54, 1.807) is 0 Å². The molecule has 0 unspecified atom stereocenters. The lowest BCUT2D eigenvalue weighted by Gasteiger charge is -2.14. The third-order valence-electron chi connectivity index (χ3n) is 3.11. The monoisotopic (exact) mass is 224 g/mol. The van der Waals surface area contributed by atoms with Gasteiger partial charge in [-0.15, -0.1) is 0 Å². The van der Waals surface area contributed by atoms with E-state index in [-0.39, 0.29) is 11.7 Å². The molecule has 1 fully saturated rings. The third kappa shape index (κ3) is 2.28. The van der Waals surface area contributed by atoms with Crippen LogP contribution < -0.4 is 0 Å². The van der Waals surface area contributed by atoms with Gasteiger partial charge in [0.2, 0.25) is 0 Å². The molecule has 4 heteroatoms. The van der Waals surface area contributed by atoms with Crippen molar-refractivity contribution in [2.45, 2.75) is 45.3 Å². The highest BCUT2D eigenvalue weighted by molar-refractivity contribution is 5.24. The predicted molar refractivity (Wildman–Crippen MR) is 61.2 cm³/mol. The van der Waals surface area contributed by atoms with Crippen LogP contribution >= 0.6 is 0 Å². The topological polar surface area (TPSA) is 47.1 Å². The van der Waals surface area contributed by atoms with Gasteiger partial charge in [-0.3, -0.25) is 5.10 Å². The summed E-state index contributed by atoms with van der Waals surface area (Å²) in [4.78, 5) is 0. The maximum absolute atomic E-state index is 5.52. The average Bonchev–Trinajstić information content (AvgIpc) is 2.84. The molecule has 1 saturated carbocycles. The molecule has 0 radical (unpaired) electrons. The van der Waals surface area contributed by atoms with Gasteiger partial charge in [0.25, 0.3) is 0 Å². The Balaban J connectivity index is 2.09. The van der Waals surface area contributed by atoms with Crippen molar-refractivity contribution in [2.24, 2.45) is 0 Å². The molecule has 16 heavy (non-hydrogen) atoms. The minimum Gasteiger partial charge on any atom is -0.347 e. The summed E-state index contributed by atoms with van der Waals surface area (Å²) < 4.78 is 11.0. The lowest BCUT2D eigenvalue weighted by Crippen LogP contribution is -2.09. The Morgan fingerprint density at radius 1 is 1.38 bits per heavy atom. The molecule has 1 aliphatic carbocycles. The molecule has 90 valence electrons. The Morgan fingerprint density at radius 2 is 2.00 bits per heavy atom. The van der Waals surface area contributed by atoms with E-state index >= 15 is 0 Å². The summed E-state index contributed by atoms with van der Waals surface area (Å²) >= 11 is 0. The SMILES string of the molecule is CCOC(OCC)c1cc(C2(C)CC2)n[nH]1. The van der Waals surface area contributed by atoms with Crippen LogP contribution in [0.4, 0.5) is 0 Å². The summed E-state index contributed by atoms with van der Waals surface area (Å²) in [6.07, 6.45) is 2.15. The Kier molecular flexibility index (Phi) is 3.30. The van der Waals surface area contributed by atoms with Crippen LogP contribution in [0.25, 0.3) is 0 Å². The number of hydrogen-bond donors (Lipinski definition) is 1. The molecule has 0 spiro atoms. The molecule has 2 rings (SSSR count). The van der Waals surface area contributed by atoms with Crippen LogP contribution in [-0.2, 0) is 14.9 Å². The Labute approximate surface area is 96.3 Å². The Hall–Kier alpha value is -0.870. The van der Waals surface area contributed by atoms with E-state index in [1.807, 2.05) is 13.8 Å². The quantitative estimate of drug-likeness (QED) is 0.755. The van der Waals surface area contributed by atoms with Crippen molar-refractivity contribution in [3.63, 3.8) is 0 Å². The van der Waals surface area contributed by atoms with Crippen LogP contribution in [-0.4, -0.2) is 23.4 Å². The fraction of sp³-hybridized carbons (Fsp3) is 0.750. The highest BCUT2D eigenvalue weighted by Gasteiger charge is 2.41. The smallest absolute Gasteiger partial charge is 0.200 e. The summed E-state index contributed by atoms with van der Waals surface area (Å²) in [6, 6.07) is 2.07. The van der Waals surface area contributed by atoms with Crippen LogP contribution in [0.15, 0.2) is 6.07 Å². The van der Waals surface area contributed by atoms with Crippen molar-refractivity contribution in [3.05, 3.63) is 17.5 Å². The van der Waals surface area contributed by atoms with Gasteiger partial charge in [-0.05, 0) is 32.8 Å². The largest absolute Gasteiger partial charge is 0.347 e. The van der Waals surface area contributed by atoms with E-state index in [9.17, 15) is 0 Å². The fourth-order valence-electron chi connectivity index (χ4n) is 1.74. The molecule has 1 aromatic rings. The molecule has 0 aliphatic heterocycles. The van der Waals surface area contributed by atoms with Crippen molar-refractivity contribution in [1.82, 2.24) is 10.2 Å². The molecule has 4 nitrogen and oxygen atoms in total. The van der Waals surface area contributed by atoms with E-state index in [2.05, 4.69) is 23.2 Å². The van der Waals surface area contributed by atoms with Gasteiger partial charge < -0.3 is 9.47 Å². The highest BCUT2D eigenvalue weighted by Crippen LogP contribution is 2.47. The first-order chi connectivity index (χ1) is 7.69. The van der Waals surface area contributed by atoms with Gasteiger partial charge in [-0.1, -0.05) is 6.92 Å². The Bertz CT molecular complexity index is 339. The molecular formula is C12H20N2O2. The van der Waals surface area contributed by atoms with Crippen molar-refractivity contribution in [3.8, 4) is 0 Å². The van der Waals surface area contributed by atoms with Gasteiger partial charge in [0.1, 0.15) is 0 Å². The van der Waals surface area contributed by atoms with Crippen molar-refractivity contribution in [1.29, 1.82) is 0 Å². The summed E-state index contributed by atoms with van der Waals surface area (Å²) in [7, 11) is 0. The average molecular weight is 224 g/mol. The van der Waals surface area contributed by atoms with Crippen LogP contribution in [0, 0.1) is 0 Å². The van der Waals surface area contributed by atoms with Gasteiger partial charge >= 0.3 is 0 Å².